The minimum Gasteiger partial charge on any atom is -0.424 e. The number of hydrogen-bond donors (Lipinski definition) is 1. The molecule has 7 nitrogen and oxygen atoms in total. The van der Waals surface area contributed by atoms with Crippen LogP contribution in [0.5, 0.6) is 0 Å². The van der Waals surface area contributed by atoms with Gasteiger partial charge in [-0.05, 0) is 48.4 Å². The first-order valence-corrected chi connectivity index (χ1v) is 12.2. The average molecular weight is 462 g/mol. The summed E-state index contributed by atoms with van der Waals surface area (Å²) in [5.41, 5.74) is 2.60. The lowest BCUT2D eigenvalue weighted by Crippen LogP contribution is -2.36. The highest BCUT2D eigenvalue weighted by Crippen LogP contribution is 2.35. The standard InChI is InChI=1S/C23H19N5O2S2/c1-31-17-5-3-2-4-15(17)14-6-7-16-18(10-14)32-22(25-16)12-21-28-27-20(30-21)11-19(29)26-23(13-24)8-9-23/h2-7,10H,8-9,11-12H2,1H3,(H,26,29). The number of thioether (sulfide) groups is 1. The summed E-state index contributed by atoms with van der Waals surface area (Å²) in [7, 11) is 0. The predicted octanol–water partition coefficient (Wildman–Crippen LogP) is 4.37. The van der Waals surface area contributed by atoms with Gasteiger partial charge < -0.3 is 9.73 Å². The average Bonchev–Trinajstić information content (AvgIpc) is 3.24. The maximum absolute atomic E-state index is 12.1. The lowest BCUT2D eigenvalue weighted by atomic mass is 10.1. The molecular formula is C23H19N5O2S2. The third-order valence-corrected chi connectivity index (χ3v) is 7.13. The van der Waals surface area contributed by atoms with E-state index in [0.29, 0.717) is 25.2 Å². The maximum Gasteiger partial charge on any atom is 0.230 e. The van der Waals surface area contributed by atoms with Crippen molar-refractivity contribution in [3.63, 3.8) is 0 Å². The summed E-state index contributed by atoms with van der Waals surface area (Å²) in [5.74, 6) is 0.377. The molecule has 1 aliphatic carbocycles. The van der Waals surface area contributed by atoms with Gasteiger partial charge >= 0.3 is 0 Å². The van der Waals surface area contributed by atoms with Crippen molar-refractivity contribution < 1.29 is 9.21 Å². The first-order chi connectivity index (χ1) is 15.6. The van der Waals surface area contributed by atoms with E-state index < -0.39 is 5.54 Å². The van der Waals surface area contributed by atoms with Gasteiger partial charge in [-0.3, -0.25) is 4.79 Å². The van der Waals surface area contributed by atoms with Gasteiger partial charge in [0.1, 0.15) is 17.0 Å². The van der Waals surface area contributed by atoms with Crippen LogP contribution in [0.15, 0.2) is 51.8 Å². The zero-order valence-corrected chi connectivity index (χ0v) is 18.9. The van der Waals surface area contributed by atoms with E-state index in [1.54, 1.807) is 23.1 Å². The van der Waals surface area contributed by atoms with Gasteiger partial charge in [-0.15, -0.1) is 33.3 Å². The van der Waals surface area contributed by atoms with E-state index in [1.807, 2.05) is 6.07 Å². The molecule has 32 heavy (non-hydrogen) atoms. The molecular weight excluding hydrogens is 442 g/mol. The molecule has 0 radical (unpaired) electrons. The van der Waals surface area contributed by atoms with Crippen molar-refractivity contribution in [1.82, 2.24) is 20.5 Å². The molecule has 1 N–H and O–H groups in total. The molecule has 4 aromatic rings. The second kappa shape index (κ2) is 8.37. The fourth-order valence-corrected chi connectivity index (χ4v) is 5.12. The molecule has 5 rings (SSSR count). The van der Waals surface area contributed by atoms with Crippen molar-refractivity contribution in [3.05, 3.63) is 59.3 Å². The van der Waals surface area contributed by atoms with Gasteiger partial charge in [-0.1, -0.05) is 24.3 Å². The molecule has 2 aromatic carbocycles. The second-order valence-corrected chi connectivity index (χ2v) is 9.64. The highest BCUT2D eigenvalue weighted by molar-refractivity contribution is 7.98. The van der Waals surface area contributed by atoms with Crippen LogP contribution < -0.4 is 5.32 Å². The van der Waals surface area contributed by atoms with Gasteiger partial charge in [0.05, 0.1) is 22.7 Å². The third kappa shape index (κ3) is 4.24. The monoisotopic (exact) mass is 461 g/mol. The van der Waals surface area contributed by atoms with Crippen LogP contribution in [0.2, 0.25) is 0 Å². The first-order valence-electron chi connectivity index (χ1n) is 10.1. The topological polar surface area (TPSA) is 105 Å². The van der Waals surface area contributed by atoms with Crippen LogP contribution in [0.3, 0.4) is 0 Å². The number of benzene rings is 2. The largest absolute Gasteiger partial charge is 0.424 e. The van der Waals surface area contributed by atoms with Gasteiger partial charge in [-0.25, -0.2) is 4.98 Å². The van der Waals surface area contributed by atoms with Gasteiger partial charge in [0.25, 0.3) is 0 Å². The molecule has 0 atom stereocenters. The Kier molecular flexibility index (Phi) is 5.41. The Hall–Kier alpha value is -3.22. The normalized spacial score (nSPS) is 14.2. The van der Waals surface area contributed by atoms with E-state index in [0.717, 1.165) is 20.8 Å². The summed E-state index contributed by atoms with van der Waals surface area (Å²) in [6, 6.07) is 16.8. The molecule has 1 fully saturated rings. The predicted molar refractivity (Wildman–Crippen MR) is 123 cm³/mol. The zero-order chi connectivity index (χ0) is 22.1. The fourth-order valence-electron chi connectivity index (χ4n) is 3.50. The first kappa shape index (κ1) is 20.7. The molecule has 0 bridgehead atoms. The Morgan fingerprint density at radius 2 is 2.06 bits per heavy atom. The fraction of sp³-hybridized carbons (Fsp3) is 0.261. The van der Waals surface area contributed by atoms with E-state index in [1.165, 1.54) is 10.5 Å². The second-order valence-electron chi connectivity index (χ2n) is 7.68. The van der Waals surface area contributed by atoms with Crippen molar-refractivity contribution in [1.29, 1.82) is 5.26 Å². The number of rotatable bonds is 7. The van der Waals surface area contributed by atoms with Crippen LogP contribution in [0.4, 0.5) is 0 Å². The summed E-state index contributed by atoms with van der Waals surface area (Å²) in [5, 5.41) is 20.7. The van der Waals surface area contributed by atoms with Crippen molar-refractivity contribution in [2.24, 2.45) is 0 Å². The van der Waals surface area contributed by atoms with Crippen LogP contribution >= 0.6 is 23.1 Å². The number of thiazole rings is 1. The van der Waals surface area contributed by atoms with Crippen LogP contribution in [0, 0.1) is 11.3 Å². The number of hydrogen-bond acceptors (Lipinski definition) is 8. The van der Waals surface area contributed by atoms with Gasteiger partial charge in [0.15, 0.2) is 0 Å². The molecule has 160 valence electrons. The smallest absolute Gasteiger partial charge is 0.230 e. The van der Waals surface area contributed by atoms with E-state index in [-0.39, 0.29) is 18.2 Å². The molecule has 0 aliphatic heterocycles. The van der Waals surface area contributed by atoms with E-state index in [4.69, 9.17) is 14.7 Å². The molecule has 0 unspecified atom stereocenters. The number of nitrogens with zero attached hydrogens (tertiary/aromatic N) is 4. The molecule has 2 aromatic heterocycles. The summed E-state index contributed by atoms with van der Waals surface area (Å²) in [6.07, 6.45) is 3.83. The number of nitrogens with one attached hydrogen (secondary N) is 1. The minimum absolute atomic E-state index is 0.0333. The Labute approximate surface area is 192 Å². The van der Waals surface area contributed by atoms with Crippen LogP contribution in [0.25, 0.3) is 21.3 Å². The molecule has 1 aliphatic rings. The Balaban J connectivity index is 1.30. The highest BCUT2D eigenvalue weighted by Gasteiger charge is 2.44. The summed E-state index contributed by atoms with van der Waals surface area (Å²) in [4.78, 5) is 18.0. The van der Waals surface area contributed by atoms with E-state index in [9.17, 15) is 4.79 Å². The number of aromatic nitrogens is 3. The van der Waals surface area contributed by atoms with E-state index in [2.05, 4.69) is 64.2 Å². The summed E-state index contributed by atoms with van der Waals surface area (Å²) >= 11 is 3.33. The Bertz CT molecular complexity index is 1350. The number of carbonyl (C=O) groups excluding carboxylic acids is 1. The summed E-state index contributed by atoms with van der Waals surface area (Å²) in [6.45, 7) is 0. The molecule has 1 amide bonds. The van der Waals surface area contributed by atoms with Crippen molar-refractivity contribution >= 4 is 39.2 Å². The van der Waals surface area contributed by atoms with Crippen LogP contribution in [0.1, 0.15) is 29.6 Å². The molecule has 0 saturated heterocycles. The minimum atomic E-state index is -0.698. The summed E-state index contributed by atoms with van der Waals surface area (Å²) < 4.78 is 6.74. The van der Waals surface area contributed by atoms with Gasteiger partial charge in [0.2, 0.25) is 17.7 Å². The quantitative estimate of drug-likeness (QED) is 0.407. The highest BCUT2D eigenvalue weighted by atomic mass is 32.2. The van der Waals surface area contributed by atoms with Crippen molar-refractivity contribution in [3.8, 4) is 17.2 Å². The molecule has 2 heterocycles. The Morgan fingerprint density at radius 3 is 2.84 bits per heavy atom. The third-order valence-electron chi connectivity index (χ3n) is 5.32. The van der Waals surface area contributed by atoms with Crippen LogP contribution in [-0.2, 0) is 17.6 Å². The van der Waals surface area contributed by atoms with Crippen molar-refractivity contribution in [2.45, 2.75) is 36.1 Å². The maximum atomic E-state index is 12.1. The lowest BCUT2D eigenvalue weighted by molar-refractivity contribution is -0.121. The van der Waals surface area contributed by atoms with Gasteiger partial charge in [0, 0.05) is 4.90 Å². The number of nitriles is 1. The molecule has 1 saturated carbocycles. The number of amides is 1. The van der Waals surface area contributed by atoms with Gasteiger partial charge in [-0.2, -0.15) is 5.26 Å². The number of carbonyl (C=O) groups is 1. The van der Waals surface area contributed by atoms with E-state index >= 15 is 0 Å². The lowest BCUT2D eigenvalue weighted by Gasteiger charge is -2.06. The van der Waals surface area contributed by atoms with Crippen molar-refractivity contribution in [2.75, 3.05) is 6.26 Å². The molecule has 9 heteroatoms. The zero-order valence-electron chi connectivity index (χ0n) is 17.3. The van der Waals surface area contributed by atoms with Crippen LogP contribution in [-0.4, -0.2) is 32.9 Å². The molecule has 0 spiro atoms. The SMILES string of the molecule is CSc1ccccc1-c1ccc2nc(Cc3nnc(CC(=O)NC4(C#N)CC4)o3)sc2c1. The Morgan fingerprint density at radius 1 is 1.25 bits per heavy atom. The number of fused-ring (bicyclic) bond motifs is 1.